The Labute approximate surface area is 102 Å². The number of halogens is 4. The van der Waals surface area contributed by atoms with Crippen molar-refractivity contribution < 1.29 is 18.0 Å². The molecule has 0 aliphatic rings. The Kier molecular flexibility index (Phi) is 4.40. The molecule has 0 aromatic heterocycles. The van der Waals surface area contributed by atoms with Gasteiger partial charge in [-0.2, -0.15) is 13.2 Å². The summed E-state index contributed by atoms with van der Waals surface area (Å²) in [5.41, 5.74) is 0.377. The van der Waals surface area contributed by atoms with Gasteiger partial charge in [-0.15, -0.1) is 0 Å². The first-order valence-electron chi connectivity index (χ1n) is 4.87. The van der Waals surface area contributed by atoms with E-state index in [4.69, 9.17) is 11.6 Å². The summed E-state index contributed by atoms with van der Waals surface area (Å²) in [7, 11) is 0. The lowest BCUT2D eigenvalue weighted by molar-refractivity contribution is -0.142. The molecule has 1 aromatic carbocycles. The Balaban J connectivity index is 2.89. The minimum Gasteiger partial charge on any atom is -0.349 e. The monoisotopic (exact) mass is 265 g/mol. The Hall–Kier alpha value is -1.23. The molecule has 1 amide bonds. The van der Waals surface area contributed by atoms with Crippen molar-refractivity contribution in [2.75, 3.05) is 0 Å². The van der Waals surface area contributed by atoms with Gasteiger partial charge in [0.25, 0.3) is 0 Å². The number of amides is 1. The molecule has 0 aliphatic heterocycles. The van der Waals surface area contributed by atoms with Crippen molar-refractivity contribution >= 4 is 17.5 Å². The van der Waals surface area contributed by atoms with E-state index >= 15 is 0 Å². The first-order valence-corrected chi connectivity index (χ1v) is 5.25. The van der Waals surface area contributed by atoms with Gasteiger partial charge in [-0.3, -0.25) is 4.79 Å². The predicted molar refractivity (Wildman–Crippen MR) is 58.7 cm³/mol. The van der Waals surface area contributed by atoms with Crippen molar-refractivity contribution in [1.29, 1.82) is 0 Å². The Morgan fingerprint density at radius 1 is 1.35 bits per heavy atom. The molecule has 1 unspecified atom stereocenters. The summed E-state index contributed by atoms with van der Waals surface area (Å²) in [6, 6.07) is 4.83. The molecule has 6 heteroatoms. The van der Waals surface area contributed by atoms with Crippen LogP contribution in [0.5, 0.6) is 0 Å². The van der Waals surface area contributed by atoms with Gasteiger partial charge in [0.1, 0.15) is 0 Å². The number of nitrogens with one attached hydrogen (secondary N) is 1. The molecule has 0 heterocycles. The van der Waals surface area contributed by atoms with E-state index in [9.17, 15) is 18.0 Å². The normalized spacial score (nSPS) is 13.2. The maximum absolute atomic E-state index is 12.3. The highest BCUT2D eigenvalue weighted by Crippen LogP contribution is 2.29. The van der Waals surface area contributed by atoms with Crippen LogP contribution in [0.1, 0.15) is 24.9 Å². The molecule has 17 heavy (non-hydrogen) atoms. The number of rotatable bonds is 3. The Morgan fingerprint density at radius 3 is 2.29 bits per heavy atom. The quantitative estimate of drug-likeness (QED) is 0.891. The third-order valence-corrected chi connectivity index (χ3v) is 2.34. The van der Waals surface area contributed by atoms with Gasteiger partial charge >= 0.3 is 6.18 Å². The second-order valence-corrected chi connectivity index (χ2v) is 4.06. The summed E-state index contributed by atoms with van der Waals surface area (Å²) >= 11 is 5.65. The standard InChI is InChI=1S/C11H11ClF3NO/c1-7(17)16-10(6-11(13,14)15)8-2-4-9(12)5-3-8/h2-5,10H,6H2,1H3,(H,16,17). The summed E-state index contributed by atoms with van der Waals surface area (Å²) in [5.74, 6) is -0.505. The minimum atomic E-state index is -4.34. The average Bonchev–Trinajstić information content (AvgIpc) is 2.14. The first kappa shape index (κ1) is 13.8. The van der Waals surface area contributed by atoms with Gasteiger partial charge < -0.3 is 5.32 Å². The van der Waals surface area contributed by atoms with Crippen LogP contribution < -0.4 is 5.32 Å². The Bertz CT molecular complexity index is 389. The van der Waals surface area contributed by atoms with E-state index in [2.05, 4.69) is 5.32 Å². The number of carbonyl (C=O) groups is 1. The maximum atomic E-state index is 12.3. The van der Waals surface area contributed by atoms with Crippen LogP contribution in [0.25, 0.3) is 0 Å². The third-order valence-electron chi connectivity index (χ3n) is 2.09. The van der Waals surface area contributed by atoms with Crippen LogP contribution >= 0.6 is 11.6 Å². The lowest BCUT2D eigenvalue weighted by Crippen LogP contribution is -2.30. The molecule has 0 fully saturated rings. The molecule has 0 spiro atoms. The maximum Gasteiger partial charge on any atom is 0.391 e. The molecule has 1 aromatic rings. The van der Waals surface area contributed by atoms with E-state index in [-0.39, 0.29) is 0 Å². The summed E-state index contributed by atoms with van der Waals surface area (Å²) < 4.78 is 37.0. The number of benzene rings is 1. The lowest BCUT2D eigenvalue weighted by atomic mass is 10.0. The highest BCUT2D eigenvalue weighted by Gasteiger charge is 2.33. The van der Waals surface area contributed by atoms with Crippen molar-refractivity contribution in [1.82, 2.24) is 5.32 Å². The summed E-state index contributed by atoms with van der Waals surface area (Å²) in [6.07, 6.45) is -5.44. The van der Waals surface area contributed by atoms with Gasteiger partial charge in [0.05, 0.1) is 12.5 Å². The second-order valence-electron chi connectivity index (χ2n) is 3.62. The number of alkyl halides is 3. The van der Waals surface area contributed by atoms with E-state index in [1.807, 2.05) is 0 Å². The predicted octanol–water partition coefficient (Wildman–Crippen LogP) is 3.47. The van der Waals surface area contributed by atoms with Crippen molar-refractivity contribution in [3.05, 3.63) is 34.9 Å². The summed E-state index contributed by atoms with van der Waals surface area (Å²) in [4.78, 5) is 10.9. The number of carbonyl (C=O) groups excluding carboxylic acids is 1. The highest BCUT2D eigenvalue weighted by atomic mass is 35.5. The zero-order chi connectivity index (χ0) is 13.1. The lowest BCUT2D eigenvalue weighted by Gasteiger charge is -2.19. The fourth-order valence-electron chi connectivity index (χ4n) is 1.42. The van der Waals surface area contributed by atoms with Crippen LogP contribution in [0.3, 0.4) is 0 Å². The first-order chi connectivity index (χ1) is 7.78. The molecule has 94 valence electrons. The fraction of sp³-hybridized carbons (Fsp3) is 0.364. The molecule has 0 bridgehead atoms. The third kappa shape index (κ3) is 5.08. The van der Waals surface area contributed by atoms with Gasteiger partial charge in [-0.25, -0.2) is 0 Å². The molecule has 0 saturated carbocycles. The molecule has 2 nitrogen and oxygen atoms in total. The molecule has 1 atom stereocenters. The van der Waals surface area contributed by atoms with Gasteiger partial charge in [0.15, 0.2) is 0 Å². The van der Waals surface area contributed by atoms with Crippen LogP contribution in [-0.2, 0) is 4.79 Å². The fourth-order valence-corrected chi connectivity index (χ4v) is 1.55. The SMILES string of the molecule is CC(=O)NC(CC(F)(F)F)c1ccc(Cl)cc1. The van der Waals surface area contributed by atoms with Crippen LogP contribution in [0.2, 0.25) is 5.02 Å². The van der Waals surface area contributed by atoms with Gasteiger partial charge in [0.2, 0.25) is 5.91 Å². The summed E-state index contributed by atoms with van der Waals surface area (Å²) in [5, 5.41) is 2.70. The van der Waals surface area contributed by atoms with Gasteiger partial charge in [-0.05, 0) is 17.7 Å². The Morgan fingerprint density at radius 2 is 1.88 bits per heavy atom. The zero-order valence-corrected chi connectivity index (χ0v) is 9.77. The average molecular weight is 266 g/mol. The minimum absolute atomic E-state index is 0.377. The van der Waals surface area contributed by atoms with E-state index in [1.54, 1.807) is 0 Å². The topological polar surface area (TPSA) is 29.1 Å². The highest BCUT2D eigenvalue weighted by molar-refractivity contribution is 6.30. The summed E-state index contributed by atoms with van der Waals surface area (Å²) in [6.45, 7) is 1.18. The molecular formula is C11H11ClF3NO. The van der Waals surface area contributed by atoms with Crippen LogP contribution in [0.4, 0.5) is 13.2 Å². The van der Waals surface area contributed by atoms with E-state index in [0.29, 0.717) is 10.6 Å². The molecule has 1 N–H and O–H groups in total. The van der Waals surface area contributed by atoms with Crippen molar-refractivity contribution in [2.45, 2.75) is 25.6 Å². The molecule has 0 radical (unpaired) electrons. The number of hydrogen-bond acceptors (Lipinski definition) is 1. The van der Waals surface area contributed by atoms with Crippen molar-refractivity contribution in [3.8, 4) is 0 Å². The largest absolute Gasteiger partial charge is 0.391 e. The van der Waals surface area contributed by atoms with E-state index in [0.717, 1.165) is 0 Å². The number of hydrogen-bond donors (Lipinski definition) is 1. The molecule has 1 rings (SSSR count). The smallest absolute Gasteiger partial charge is 0.349 e. The van der Waals surface area contributed by atoms with Crippen molar-refractivity contribution in [3.63, 3.8) is 0 Å². The van der Waals surface area contributed by atoms with Crippen LogP contribution in [0.15, 0.2) is 24.3 Å². The van der Waals surface area contributed by atoms with Crippen LogP contribution in [-0.4, -0.2) is 12.1 Å². The van der Waals surface area contributed by atoms with E-state index in [1.165, 1.54) is 31.2 Å². The van der Waals surface area contributed by atoms with Crippen LogP contribution in [0, 0.1) is 0 Å². The van der Waals surface area contributed by atoms with E-state index < -0.39 is 24.5 Å². The van der Waals surface area contributed by atoms with Crippen molar-refractivity contribution in [2.24, 2.45) is 0 Å². The van der Waals surface area contributed by atoms with Gasteiger partial charge in [-0.1, -0.05) is 23.7 Å². The zero-order valence-electron chi connectivity index (χ0n) is 9.01. The second kappa shape index (κ2) is 5.40. The molecular weight excluding hydrogens is 255 g/mol. The molecule has 0 saturated heterocycles. The molecule has 0 aliphatic carbocycles. The van der Waals surface area contributed by atoms with Gasteiger partial charge in [0, 0.05) is 11.9 Å².